The summed E-state index contributed by atoms with van der Waals surface area (Å²) in [5, 5.41) is 0. The predicted octanol–water partition coefficient (Wildman–Crippen LogP) is 7.45. The van der Waals surface area contributed by atoms with Crippen molar-refractivity contribution < 1.29 is 0 Å². The molecule has 2 aromatic rings. The van der Waals surface area contributed by atoms with E-state index in [-0.39, 0.29) is 10.8 Å². The van der Waals surface area contributed by atoms with Crippen LogP contribution in [-0.4, -0.2) is 0 Å². The summed E-state index contributed by atoms with van der Waals surface area (Å²) >= 11 is 3.91. The van der Waals surface area contributed by atoms with Crippen LogP contribution in [0.5, 0.6) is 0 Å². The molecule has 0 amide bonds. The Morgan fingerprint density at radius 3 is 2.54 bits per heavy atom. The van der Waals surface area contributed by atoms with Crippen molar-refractivity contribution in [3.05, 3.63) is 111 Å². The Labute approximate surface area is 174 Å². The third-order valence-electron chi connectivity index (χ3n) is 7.00. The molecule has 1 unspecified atom stereocenters. The molecule has 0 N–H and O–H groups in total. The molecule has 0 fully saturated rings. The van der Waals surface area contributed by atoms with Crippen molar-refractivity contribution in [2.24, 2.45) is 5.41 Å². The maximum absolute atomic E-state index is 3.91. The first-order valence-corrected chi connectivity index (χ1v) is 10.8. The summed E-state index contributed by atoms with van der Waals surface area (Å²) in [6, 6.07) is 17.7. The van der Waals surface area contributed by atoms with Crippen molar-refractivity contribution in [1.29, 1.82) is 0 Å². The van der Waals surface area contributed by atoms with Crippen LogP contribution >= 0.6 is 15.9 Å². The molecule has 2 aromatic carbocycles. The van der Waals surface area contributed by atoms with E-state index in [0.29, 0.717) is 0 Å². The largest absolute Gasteiger partial charge is 0.0695 e. The number of hydrogen-bond donors (Lipinski definition) is 0. The zero-order valence-electron chi connectivity index (χ0n) is 16.1. The first kappa shape index (κ1) is 16.6. The Kier molecular flexibility index (Phi) is 3.17. The van der Waals surface area contributed by atoms with Crippen molar-refractivity contribution in [2.75, 3.05) is 0 Å². The lowest BCUT2D eigenvalue weighted by atomic mass is 9.58. The molecule has 0 nitrogen and oxygen atoms in total. The summed E-state index contributed by atoms with van der Waals surface area (Å²) in [5.41, 5.74) is 11.2. The zero-order chi connectivity index (χ0) is 19.1. The van der Waals surface area contributed by atoms with E-state index in [1.807, 2.05) is 0 Å². The van der Waals surface area contributed by atoms with Gasteiger partial charge in [-0.25, -0.2) is 0 Å². The molecule has 0 saturated heterocycles. The molecule has 1 atom stereocenters. The van der Waals surface area contributed by atoms with Gasteiger partial charge in [0, 0.05) is 15.3 Å². The molecule has 6 rings (SSSR count). The normalized spacial score (nSPS) is 25.6. The highest BCUT2D eigenvalue weighted by Crippen LogP contribution is 2.65. The summed E-state index contributed by atoms with van der Waals surface area (Å²) in [4.78, 5) is 0. The van der Waals surface area contributed by atoms with Crippen LogP contribution in [0.2, 0.25) is 0 Å². The van der Waals surface area contributed by atoms with Crippen molar-refractivity contribution in [2.45, 2.75) is 25.7 Å². The van der Waals surface area contributed by atoms with Crippen LogP contribution in [0, 0.1) is 5.41 Å². The summed E-state index contributed by atoms with van der Waals surface area (Å²) in [6.45, 7) is 4.80. The number of hydrogen-bond acceptors (Lipinski definition) is 0. The molecule has 0 heterocycles. The lowest BCUT2D eigenvalue weighted by molar-refractivity contribution is 0.466. The number of benzene rings is 2. The maximum Gasteiger partial charge on any atom is 0.0403 e. The molecular formula is C27H21Br. The van der Waals surface area contributed by atoms with Gasteiger partial charge in [-0.1, -0.05) is 103 Å². The molecule has 28 heavy (non-hydrogen) atoms. The molecule has 0 saturated carbocycles. The van der Waals surface area contributed by atoms with Crippen LogP contribution in [0.4, 0.5) is 0 Å². The SMILES string of the molecule is CC1(C)C2=C(C(Br)=CCC23C=CC=C2C3=Cc3ccccc32)c2ccccc21. The quantitative estimate of drug-likeness (QED) is 0.411. The first-order chi connectivity index (χ1) is 13.5. The molecular weight excluding hydrogens is 404 g/mol. The molecule has 0 aromatic heterocycles. The lowest BCUT2D eigenvalue weighted by Gasteiger charge is -2.44. The van der Waals surface area contributed by atoms with E-state index in [1.54, 1.807) is 0 Å². The van der Waals surface area contributed by atoms with Gasteiger partial charge < -0.3 is 0 Å². The van der Waals surface area contributed by atoms with E-state index in [1.165, 1.54) is 49.0 Å². The molecule has 4 aliphatic carbocycles. The minimum atomic E-state index is -0.0851. The van der Waals surface area contributed by atoms with E-state index in [9.17, 15) is 0 Å². The fraction of sp³-hybridized carbons (Fsp3) is 0.185. The van der Waals surface area contributed by atoms with Gasteiger partial charge in [0.1, 0.15) is 0 Å². The van der Waals surface area contributed by atoms with Gasteiger partial charge >= 0.3 is 0 Å². The summed E-state index contributed by atoms with van der Waals surface area (Å²) in [6.07, 6.45) is 12.8. The average Bonchev–Trinajstić information content (AvgIpc) is 3.20. The average molecular weight is 425 g/mol. The summed E-state index contributed by atoms with van der Waals surface area (Å²) in [7, 11) is 0. The minimum Gasteiger partial charge on any atom is -0.0695 e. The van der Waals surface area contributed by atoms with Crippen molar-refractivity contribution in [3.63, 3.8) is 0 Å². The number of fused-ring (bicyclic) bond motifs is 7. The van der Waals surface area contributed by atoms with Gasteiger partial charge in [0.15, 0.2) is 0 Å². The molecule has 0 aliphatic heterocycles. The molecule has 4 aliphatic rings. The van der Waals surface area contributed by atoms with Gasteiger partial charge in [0.05, 0.1) is 0 Å². The second kappa shape index (κ2) is 5.36. The minimum absolute atomic E-state index is 0.0123. The van der Waals surface area contributed by atoms with E-state index < -0.39 is 0 Å². The second-order valence-corrected chi connectivity index (χ2v) is 9.59. The van der Waals surface area contributed by atoms with Crippen LogP contribution in [0.1, 0.15) is 42.5 Å². The van der Waals surface area contributed by atoms with E-state index in [0.717, 1.165) is 6.42 Å². The molecule has 0 radical (unpaired) electrons. The van der Waals surface area contributed by atoms with Crippen LogP contribution in [0.3, 0.4) is 0 Å². The fourth-order valence-electron chi connectivity index (χ4n) is 5.90. The standard InChI is InChI=1S/C27H21Br/c1-26(2)21-12-6-5-10-20(21)24-23(28)13-15-27(25(24)26)14-7-11-19-18-9-4-3-8-17(18)16-22(19)27/h3-14,16H,15H2,1-2H3. The Hall–Kier alpha value is -2.38. The van der Waals surface area contributed by atoms with Gasteiger partial charge in [0.2, 0.25) is 0 Å². The zero-order valence-corrected chi connectivity index (χ0v) is 17.7. The lowest BCUT2D eigenvalue weighted by Crippen LogP contribution is -2.35. The van der Waals surface area contributed by atoms with E-state index >= 15 is 0 Å². The Bertz CT molecular complexity index is 1210. The van der Waals surface area contributed by atoms with E-state index in [2.05, 4.69) is 109 Å². The molecule has 136 valence electrons. The smallest absolute Gasteiger partial charge is 0.0403 e. The van der Waals surface area contributed by atoms with Gasteiger partial charge in [-0.2, -0.15) is 0 Å². The number of rotatable bonds is 0. The van der Waals surface area contributed by atoms with Crippen molar-refractivity contribution in [1.82, 2.24) is 0 Å². The third-order valence-corrected chi connectivity index (χ3v) is 7.72. The monoisotopic (exact) mass is 424 g/mol. The van der Waals surface area contributed by atoms with Gasteiger partial charge in [-0.3, -0.25) is 0 Å². The Morgan fingerprint density at radius 1 is 0.929 bits per heavy atom. The van der Waals surface area contributed by atoms with Crippen LogP contribution in [0.15, 0.2) is 88.5 Å². The van der Waals surface area contributed by atoms with Gasteiger partial charge in [-0.05, 0) is 57.0 Å². The highest BCUT2D eigenvalue weighted by molar-refractivity contribution is 9.12. The molecule has 1 spiro atoms. The maximum atomic E-state index is 3.91. The number of halogens is 1. The first-order valence-electron chi connectivity index (χ1n) is 9.97. The topological polar surface area (TPSA) is 0 Å². The summed E-state index contributed by atoms with van der Waals surface area (Å²) < 4.78 is 1.24. The second-order valence-electron chi connectivity index (χ2n) is 8.73. The van der Waals surface area contributed by atoms with Crippen LogP contribution in [0.25, 0.3) is 17.2 Å². The summed E-state index contributed by atoms with van der Waals surface area (Å²) in [5.74, 6) is 0. The number of allylic oxidation sites excluding steroid dienone is 9. The third kappa shape index (κ3) is 1.86. The van der Waals surface area contributed by atoms with Crippen LogP contribution < -0.4 is 0 Å². The Morgan fingerprint density at radius 2 is 1.68 bits per heavy atom. The van der Waals surface area contributed by atoms with Crippen molar-refractivity contribution >= 4 is 33.2 Å². The van der Waals surface area contributed by atoms with Gasteiger partial charge in [0.25, 0.3) is 0 Å². The van der Waals surface area contributed by atoms with Gasteiger partial charge in [-0.15, -0.1) is 0 Å². The Balaban J connectivity index is 1.66. The van der Waals surface area contributed by atoms with Crippen LogP contribution in [-0.2, 0) is 5.41 Å². The molecule has 0 bridgehead atoms. The van der Waals surface area contributed by atoms with E-state index in [4.69, 9.17) is 0 Å². The predicted molar refractivity (Wildman–Crippen MR) is 122 cm³/mol. The van der Waals surface area contributed by atoms with Crippen molar-refractivity contribution in [3.8, 4) is 0 Å². The fourth-order valence-corrected chi connectivity index (χ4v) is 6.47. The molecule has 1 heteroatoms. The highest BCUT2D eigenvalue weighted by Gasteiger charge is 2.52. The highest BCUT2D eigenvalue weighted by atomic mass is 79.9.